The Bertz CT molecular complexity index is 294. The van der Waals surface area contributed by atoms with E-state index in [1.165, 1.54) is 38.5 Å². The highest BCUT2D eigenvalue weighted by atomic mass is 32.2. The molecule has 1 nitrogen and oxygen atoms in total. The number of thioether (sulfide) groups is 1. The molecular formula is C20H36OS. The smallest absolute Gasteiger partial charge is 0.0550 e. The van der Waals surface area contributed by atoms with Crippen molar-refractivity contribution in [2.45, 2.75) is 76.9 Å². The molecule has 0 saturated carbocycles. The van der Waals surface area contributed by atoms with E-state index in [1.54, 1.807) is 0 Å². The van der Waals surface area contributed by atoms with E-state index in [9.17, 15) is 5.11 Å². The van der Waals surface area contributed by atoms with Crippen molar-refractivity contribution in [2.24, 2.45) is 0 Å². The number of hydrogen-bond acceptors (Lipinski definition) is 2. The van der Waals surface area contributed by atoms with Gasteiger partial charge in [-0.3, -0.25) is 0 Å². The van der Waals surface area contributed by atoms with Crippen LogP contribution < -0.4 is 0 Å². The molecule has 0 aromatic heterocycles. The van der Waals surface area contributed by atoms with Gasteiger partial charge in [0.05, 0.1) is 6.61 Å². The van der Waals surface area contributed by atoms with Gasteiger partial charge in [0.2, 0.25) is 0 Å². The first-order valence-electron chi connectivity index (χ1n) is 9.02. The van der Waals surface area contributed by atoms with Crippen molar-refractivity contribution in [1.82, 2.24) is 0 Å². The van der Waals surface area contributed by atoms with Crippen LogP contribution in [-0.4, -0.2) is 22.7 Å². The monoisotopic (exact) mass is 324 g/mol. The lowest BCUT2D eigenvalue weighted by molar-refractivity contribution is 0.288. The van der Waals surface area contributed by atoms with Crippen LogP contribution in [0.2, 0.25) is 0 Å². The summed E-state index contributed by atoms with van der Waals surface area (Å²) in [6.07, 6.45) is 24.3. The normalized spacial score (nSPS) is 13.8. The van der Waals surface area contributed by atoms with Gasteiger partial charge in [-0.2, -0.15) is 11.8 Å². The minimum Gasteiger partial charge on any atom is -0.395 e. The fourth-order valence-corrected chi connectivity index (χ4v) is 3.19. The third-order valence-electron chi connectivity index (χ3n) is 3.53. The minimum absolute atomic E-state index is 0.336. The van der Waals surface area contributed by atoms with Crippen molar-refractivity contribution in [3.8, 4) is 0 Å². The van der Waals surface area contributed by atoms with E-state index in [1.807, 2.05) is 11.8 Å². The van der Waals surface area contributed by atoms with Gasteiger partial charge in [-0.15, -0.1) is 0 Å². The van der Waals surface area contributed by atoms with Crippen molar-refractivity contribution < 1.29 is 5.11 Å². The predicted octanol–water partition coefficient (Wildman–Crippen LogP) is 6.30. The molecule has 2 heteroatoms. The molecule has 128 valence electrons. The zero-order chi connectivity index (χ0) is 16.3. The third kappa shape index (κ3) is 15.9. The first kappa shape index (κ1) is 21.5. The Morgan fingerprint density at radius 1 is 0.818 bits per heavy atom. The molecule has 0 aliphatic carbocycles. The summed E-state index contributed by atoms with van der Waals surface area (Å²) >= 11 is 1.89. The van der Waals surface area contributed by atoms with E-state index in [4.69, 9.17) is 0 Å². The molecule has 0 bridgehead atoms. The van der Waals surface area contributed by atoms with Gasteiger partial charge in [-0.05, 0) is 44.3 Å². The second-order valence-corrected chi connectivity index (χ2v) is 7.12. The summed E-state index contributed by atoms with van der Waals surface area (Å²) in [4.78, 5) is 0. The predicted molar refractivity (Wildman–Crippen MR) is 104 cm³/mol. The van der Waals surface area contributed by atoms with Gasteiger partial charge in [0.1, 0.15) is 0 Å². The molecule has 0 amide bonds. The molecule has 0 rings (SSSR count). The van der Waals surface area contributed by atoms with Crippen LogP contribution in [0.4, 0.5) is 0 Å². The van der Waals surface area contributed by atoms with Crippen LogP contribution in [0.5, 0.6) is 0 Å². The zero-order valence-electron chi connectivity index (χ0n) is 14.7. The number of rotatable bonds is 15. The van der Waals surface area contributed by atoms with E-state index in [2.05, 4.69) is 50.3 Å². The molecule has 0 aliphatic heterocycles. The number of allylic oxidation sites excluding steroid dienone is 6. The van der Waals surface area contributed by atoms with Crippen LogP contribution in [-0.2, 0) is 0 Å². The van der Waals surface area contributed by atoms with Crippen molar-refractivity contribution in [3.63, 3.8) is 0 Å². The summed E-state index contributed by atoms with van der Waals surface area (Å²) in [6.45, 7) is 4.66. The van der Waals surface area contributed by atoms with Crippen molar-refractivity contribution >= 4 is 11.8 Å². The van der Waals surface area contributed by atoms with Gasteiger partial charge < -0.3 is 5.11 Å². The topological polar surface area (TPSA) is 20.2 Å². The zero-order valence-corrected chi connectivity index (χ0v) is 15.5. The SMILES string of the molecule is CCC=CCC=CCC=CCCCCCCC(CO)SCC. The maximum absolute atomic E-state index is 9.22. The average molecular weight is 325 g/mol. The van der Waals surface area contributed by atoms with Crippen molar-refractivity contribution in [3.05, 3.63) is 36.5 Å². The van der Waals surface area contributed by atoms with Gasteiger partial charge in [0, 0.05) is 5.25 Å². The van der Waals surface area contributed by atoms with Gasteiger partial charge >= 0.3 is 0 Å². The highest BCUT2D eigenvalue weighted by molar-refractivity contribution is 7.99. The molecule has 1 unspecified atom stereocenters. The summed E-state index contributed by atoms with van der Waals surface area (Å²) in [5, 5.41) is 9.68. The Hall–Kier alpha value is -0.470. The summed E-state index contributed by atoms with van der Waals surface area (Å²) in [5.74, 6) is 1.11. The van der Waals surface area contributed by atoms with Crippen LogP contribution >= 0.6 is 11.8 Å². The molecule has 0 aromatic carbocycles. The van der Waals surface area contributed by atoms with Gasteiger partial charge in [0.15, 0.2) is 0 Å². The van der Waals surface area contributed by atoms with E-state index in [0.717, 1.165) is 25.0 Å². The Kier molecular flexibility index (Phi) is 18.2. The quantitative estimate of drug-likeness (QED) is 0.282. The Morgan fingerprint density at radius 2 is 1.45 bits per heavy atom. The lowest BCUT2D eigenvalue weighted by atomic mass is 10.1. The molecule has 0 spiro atoms. The summed E-state index contributed by atoms with van der Waals surface area (Å²) < 4.78 is 0. The Morgan fingerprint density at radius 3 is 2.09 bits per heavy atom. The largest absolute Gasteiger partial charge is 0.395 e. The lowest BCUT2D eigenvalue weighted by Gasteiger charge is -2.11. The van der Waals surface area contributed by atoms with Gasteiger partial charge in [0.25, 0.3) is 0 Å². The number of aliphatic hydroxyl groups excluding tert-OH is 1. The second kappa shape index (κ2) is 18.6. The molecule has 1 atom stereocenters. The molecule has 0 aromatic rings. The van der Waals surface area contributed by atoms with Gasteiger partial charge in [-0.1, -0.05) is 69.6 Å². The van der Waals surface area contributed by atoms with Crippen LogP contribution in [0.25, 0.3) is 0 Å². The van der Waals surface area contributed by atoms with Crippen LogP contribution in [0, 0.1) is 0 Å². The van der Waals surface area contributed by atoms with Crippen LogP contribution in [0.1, 0.15) is 71.6 Å². The summed E-state index contributed by atoms with van der Waals surface area (Å²) in [7, 11) is 0. The molecule has 0 aliphatic rings. The standard InChI is InChI=1S/C20H36OS/c1-3-5-6-7-8-9-10-11-12-13-14-15-16-17-18-20(19-21)22-4-2/h5-6,8-9,11-12,20-21H,3-4,7,10,13-19H2,1-2H3. The van der Waals surface area contributed by atoms with E-state index >= 15 is 0 Å². The van der Waals surface area contributed by atoms with Crippen molar-refractivity contribution in [2.75, 3.05) is 12.4 Å². The molecule has 0 saturated heterocycles. The second-order valence-electron chi connectivity index (χ2n) is 5.55. The highest BCUT2D eigenvalue weighted by Crippen LogP contribution is 2.17. The lowest BCUT2D eigenvalue weighted by Crippen LogP contribution is -2.08. The molecular weight excluding hydrogens is 288 g/mol. The van der Waals surface area contributed by atoms with Gasteiger partial charge in [-0.25, -0.2) is 0 Å². The molecule has 1 N–H and O–H groups in total. The maximum Gasteiger partial charge on any atom is 0.0550 e. The summed E-state index contributed by atoms with van der Waals surface area (Å²) in [5.41, 5.74) is 0. The number of aliphatic hydroxyl groups is 1. The van der Waals surface area contributed by atoms with Crippen molar-refractivity contribution in [1.29, 1.82) is 0 Å². The fourth-order valence-electron chi connectivity index (χ4n) is 2.28. The minimum atomic E-state index is 0.336. The Balaban J connectivity index is 3.35. The third-order valence-corrected chi connectivity index (χ3v) is 4.72. The van der Waals surface area contributed by atoms with E-state index < -0.39 is 0 Å². The van der Waals surface area contributed by atoms with Crippen LogP contribution in [0.3, 0.4) is 0 Å². The van der Waals surface area contributed by atoms with E-state index in [-0.39, 0.29) is 0 Å². The first-order chi connectivity index (χ1) is 10.8. The Labute approximate surface area is 143 Å². The fraction of sp³-hybridized carbons (Fsp3) is 0.700. The van der Waals surface area contributed by atoms with E-state index in [0.29, 0.717) is 11.9 Å². The number of unbranched alkanes of at least 4 members (excludes halogenated alkanes) is 4. The molecule has 0 radical (unpaired) electrons. The first-order valence-corrected chi connectivity index (χ1v) is 10.1. The molecule has 22 heavy (non-hydrogen) atoms. The molecule has 0 fully saturated rings. The summed E-state index contributed by atoms with van der Waals surface area (Å²) in [6, 6.07) is 0. The highest BCUT2D eigenvalue weighted by Gasteiger charge is 2.05. The number of hydrogen-bond donors (Lipinski definition) is 1. The average Bonchev–Trinajstić information content (AvgIpc) is 2.54. The van der Waals surface area contributed by atoms with Crippen LogP contribution in [0.15, 0.2) is 36.5 Å². The maximum atomic E-state index is 9.22. The molecule has 0 heterocycles.